The van der Waals surface area contributed by atoms with Crippen LogP contribution in [0.15, 0.2) is 133 Å². The van der Waals surface area contributed by atoms with E-state index in [1.165, 1.54) is 30.5 Å². The van der Waals surface area contributed by atoms with Gasteiger partial charge in [-0.2, -0.15) is 0 Å². The van der Waals surface area contributed by atoms with Gasteiger partial charge >= 0.3 is 0 Å². The van der Waals surface area contributed by atoms with Gasteiger partial charge in [0.05, 0.1) is 18.2 Å². The molecular weight excluding hydrogens is 489 g/mol. The second-order valence-corrected chi connectivity index (χ2v) is 9.14. The number of carbonyl (C=O) groups is 1. The summed E-state index contributed by atoms with van der Waals surface area (Å²) in [5, 5.41) is 23.9. The van der Waals surface area contributed by atoms with E-state index < -0.39 is 17.8 Å². The Kier molecular flexibility index (Phi) is 7.43. The van der Waals surface area contributed by atoms with E-state index >= 15 is 0 Å². The minimum absolute atomic E-state index is 0.279. The fourth-order valence-corrected chi connectivity index (χ4v) is 5.41. The number of hydrogen-bond acceptors (Lipinski definition) is 4. The zero-order valence-electron chi connectivity index (χ0n) is 21.0. The lowest BCUT2D eigenvalue weighted by Crippen LogP contribution is -2.34. The maximum Gasteiger partial charge on any atom is 0.193 e. The van der Waals surface area contributed by atoms with Crippen LogP contribution in [-0.2, 0) is 12.0 Å². The van der Waals surface area contributed by atoms with Crippen LogP contribution in [0.4, 0.5) is 4.39 Å². The van der Waals surface area contributed by atoms with E-state index in [2.05, 4.69) is 5.16 Å². The summed E-state index contributed by atoms with van der Waals surface area (Å²) in [6.07, 6.45) is 1.32. The van der Waals surface area contributed by atoms with Crippen molar-refractivity contribution in [3.63, 3.8) is 0 Å². The molecule has 5 aromatic rings. The third kappa shape index (κ3) is 4.65. The first kappa shape index (κ1) is 25.8. The smallest absolute Gasteiger partial charge is 0.193 e. The molecule has 0 amide bonds. The number of nitrogens with zero attached hydrogens (tertiary/aromatic N) is 1. The van der Waals surface area contributed by atoms with Crippen molar-refractivity contribution < 1.29 is 19.5 Å². The van der Waals surface area contributed by atoms with E-state index in [1.807, 2.05) is 91.0 Å². The summed E-state index contributed by atoms with van der Waals surface area (Å²) in [6, 6.07) is 38.2. The first-order chi connectivity index (χ1) is 19.1. The molecule has 4 nitrogen and oxygen atoms in total. The summed E-state index contributed by atoms with van der Waals surface area (Å²) in [7, 11) is 0. The number of hydrogen-bond donors (Lipinski definition) is 2. The van der Waals surface area contributed by atoms with E-state index in [1.54, 1.807) is 12.1 Å². The predicted molar refractivity (Wildman–Crippen MR) is 150 cm³/mol. The van der Waals surface area contributed by atoms with Gasteiger partial charge in [-0.25, -0.2) is 4.39 Å². The Balaban J connectivity index is 1.95. The summed E-state index contributed by atoms with van der Waals surface area (Å²) in [5.41, 5.74) is 3.80. The molecule has 0 saturated carbocycles. The van der Waals surface area contributed by atoms with E-state index in [4.69, 9.17) is 0 Å². The first-order valence-electron chi connectivity index (χ1n) is 12.5. The molecule has 0 fully saturated rings. The molecule has 0 heterocycles. The van der Waals surface area contributed by atoms with Gasteiger partial charge in [-0.05, 0) is 58.1 Å². The fourth-order valence-electron chi connectivity index (χ4n) is 5.41. The van der Waals surface area contributed by atoms with Gasteiger partial charge in [0.25, 0.3) is 0 Å². The summed E-state index contributed by atoms with van der Waals surface area (Å²) in [4.78, 5) is 13.8. The number of ketones is 1. The van der Waals surface area contributed by atoms with Crippen LogP contribution in [0.1, 0.15) is 49.3 Å². The van der Waals surface area contributed by atoms with Crippen LogP contribution >= 0.6 is 0 Å². The number of benzene rings is 5. The second kappa shape index (κ2) is 11.3. The van der Waals surface area contributed by atoms with Gasteiger partial charge in [-0.3, -0.25) is 4.79 Å². The summed E-state index contributed by atoms with van der Waals surface area (Å²) in [5.74, 6) is -0.795. The quantitative estimate of drug-likeness (QED) is 0.0791. The molecule has 0 radical (unpaired) electrons. The fraction of sp³-hybridized carbons (Fsp3) is 0.0588. The molecular formula is C34H26FNO3. The van der Waals surface area contributed by atoms with Crippen molar-refractivity contribution >= 4 is 12.0 Å². The minimum Gasteiger partial charge on any atom is -0.411 e. The Labute approximate surface area is 226 Å². The largest absolute Gasteiger partial charge is 0.411 e. The van der Waals surface area contributed by atoms with E-state index in [0.717, 1.165) is 16.7 Å². The van der Waals surface area contributed by atoms with Crippen LogP contribution in [0.25, 0.3) is 0 Å². The van der Waals surface area contributed by atoms with Crippen LogP contribution in [0.2, 0.25) is 0 Å². The number of aliphatic hydroxyl groups is 1. The van der Waals surface area contributed by atoms with Crippen molar-refractivity contribution in [2.45, 2.75) is 12.0 Å². The van der Waals surface area contributed by atoms with E-state index in [0.29, 0.717) is 22.3 Å². The van der Waals surface area contributed by atoms with Gasteiger partial charge in [0, 0.05) is 16.7 Å². The average molecular weight is 516 g/mol. The highest BCUT2D eigenvalue weighted by atomic mass is 19.1. The standard InChI is InChI=1S/C34H26FNO3/c35-29-19-16-24(17-20-29)33(38)30-21-18-25(22-36-39)32(31(30)23-37)34(26-10-4-1-5-11-26,27-12-6-2-7-13-27)28-14-8-3-9-15-28/h1-22,37,39H,23H2. The highest BCUT2D eigenvalue weighted by Crippen LogP contribution is 2.48. The minimum atomic E-state index is -1.00. The highest BCUT2D eigenvalue weighted by Gasteiger charge is 2.42. The SMILES string of the molecule is O=C(c1ccc(F)cc1)c1ccc(C=NO)c(C(c2ccccc2)(c2ccccc2)c2ccccc2)c1CO. The molecule has 0 aromatic heterocycles. The molecule has 2 N–H and O–H groups in total. The van der Waals surface area contributed by atoms with Crippen molar-refractivity contribution in [2.75, 3.05) is 0 Å². The van der Waals surface area contributed by atoms with Gasteiger partial charge in [-0.15, -0.1) is 0 Å². The van der Waals surface area contributed by atoms with Gasteiger partial charge in [0.2, 0.25) is 0 Å². The number of halogens is 1. The molecule has 0 aliphatic carbocycles. The zero-order chi connectivity index (χ0) is 27.2. The van der Waals surface area contributed by atoms with E-state index in [-0.39, 0.29) is 11.3 Å². The van der Waals surface area contributed by atoms with Crippen molar-refractivity contribution in [3.8, 4) is 0 Å². The Hall–Kier alpha value is -4.87. The van der Waals surface area contributed by atoms with Crippen molar-refractivity contribution in [1.29, 1.82) is 0 Å². The Bertz CT molecular complexity index is 1500. The Morgan fingerprint density at radius 1 is 0.718 bits per heavy atom. The third-order valence-electron chi connectivity index (χ3n) is 7.05. The summed E-state index contributed by atoms with van der Waals surface area (Å²) < 4.78 is 13.6. The third-order valence-corrected chi connectivity index (χ3v) is 7.05. The predicted octanol–water partition coefficient (Wildman–Crippen LogP) is 6.74. The zero-order valence-corrected chi connectivity index (χ0v) is 21.0. The van der Waals surface area contributed by atoms with Crippen molar-refractivity contribution in [3.05, 3.63) is 178 Å². The normalized spacial score (nSPS) is 11.5. The van der Waals surface area contributed by atoms with E-state index in [9.17, 15) is 19.5 Å². The molecule has 0 aliphatic rings. The lowest BCUT2D eigenvalue weighted by molar-refractivity contribution is 0.103. The van der Waals surface area contributed by atoms with Crippen LogP contribution in [-0.4, -0.2) is 22.3 Å². The monoisotopic (exact) mass is 515 g/mol. The number of rotatable bonds is 8. The average Bonchev–Trinajstić information content (AvgIpc) is 3.00. The van der Waals surface area contributed by atoms with Crippen LogP contribution in [0, 0.1) is 5.82 Å². The maximum atomic E-state index is 13.8. The van der Waals surface area contributed by atoms with Crippen LogP contribution in [0.3, 0.4) is 0 Å². The molecule has 0 bridgehead atoms. The molecule has 5 heteroatoms. The molecule has 0 atom stereocenters. The topological polar surface area (TPSA) is 69.9 Å². The lowest BCUT2D eigenvalue weighted by atomic mass is 9.62. The Morgan fingerprint density at radius 2 is 1.21 bits per heavy atom. The maximum absolute atomic E-state index is 13.8. The molecule has 0 aliphatic heterocycles. The highest BCUT2D eigenvalue weighted by molar-refractivity contribution is 6.10. The lowest BCUT2D eigenvalue weighted by Gasteiger charge is -2.39. The van der Waals surface area contributed by atoms with Gasteiger partial charge in [-0.1, -0.05) is 102 Å². The molecule has 0 spiro atoms. The summed E-state index contributed by atoms with van der Waals surface area (Å²) in [6.45, 7) is -0.459. The van der Waals surface area contributed by atoms with Crippen LogP contribution < -0.4 is 0 Å². The Morgan fingerprint density at radius 3 is 1.64 bits per heavy atom. The van der Waals surface area contributed by atoms with Crippen LogP contribution in [0.5, 0.6) is 0 Å². The van der Waals surface area contributed by atoms with Crippen molar-refractivity contribution in [2.24, 2.45) is 5.16 Å². The molecule has 0 saturated heterocycles. The first-order valence-corrected chi connectivity index (χ1v) is 12.5. The number of carbonyl (C=O) groups excluding carboxylic acids is 1. The van der Waals surface area contributed by atoms with Crippen molar-refractivity contribution in [1.82, 2.24) is 0 Å². The molecule has 5 rings (SSSR count). The number of oxime groups is 1. The van der Waals surface area contributed by atoms with Gasteiger partial charge in [0.15, 0.2) is 5.78 Å². The molecule has 0 unspecified atom stereocenters. The molecule has 192 valence electrons. The second-order valence-electron chi connectivity index (χ2n) is 9.14. The van der Waals surface area contributed by atoms with Gasteiger partial charge in [0.1, 0.15) is 5.82 Å². The van der Waals surface area contributed by atoms with Gasteiger partial charge < -0.3 is 10.3 Å². The molecule has 39 heavy (non-hydrogen) atoms. The summed E-state index contributed by atoms with van der Waals surface area (Å²) >= 11 is 0. The number of aliphatic hydroxyl groups excluding tert-OH is 1. The molecule has 5 aromatic carbocycles.